The van der Waals surface area contributed by atoms with Crippen LogP contribution in [-0.4, -0.2) is 36.6 Å². The largest absolute Gasteiger partial charge is 0.494 e. The lowest BCUT2D eigenvalue weighted by Gasteiger charge is -2.32. The van der Waals surface area contributed by atoms with Crippen LogP contribution in [0.4, 0.5) is 17.1 Å². The fourth-order valence-corrected chi connectivity index (χ4v) is 5.06. The molecule has 0 atom stereocenters. The predicted molar refractivity (Wildman–Crippen MR) is 171 cm³/mol. The topological polar surface area (TPSA) is 64.0 Å². The highest BCUT2D eigenvalue weighted by atomic mass is 16.7. The Hall–Kier alpha value is -3.08. The molecule has 0 aromatic heterocycles. The van der Waals surface area contributed by atoms with Crippen molar-refractivity contribution in [3.8, 4) is 6.07 Å². The van der Waals surface area contributed by atoms with Gasteiger partial charge in [-0.3, -0.25) is 0 Å². The third kappa shape index (κ3) is 5.40. The van der Waals surface area contributed by atoms with Crippen LogP contribution in [0.25, 0.3) is 0 Å². The molecule has 0 N–H and O–H groups in total. The van der Waals surface area contributed by atoms with Crippen molar-refractivity contribution in [3.63, 3.8) is 0 Å². The van der Waals surface area contributed by atoms with E-state index in [1.165, 1.54) is 0 Å². The van der Waals surface area contributed by atoms with Crippen molar-refractivity contribution < 1.29 is 18.6 Å². The summed E-state index contributed by atoms with van der Waals surface area (Å²) in [5.41, 5.74) is 3.70. The SMILES string of the molecule is CC(C)(C#N)c1ccc(N(c2ccc(B3OC(C)(C)C(C)(C)O3)cc2)c2ccc(B3OC(C)(C)C(C)(C)O3)cc2)cc1. The summed E-state index contributed by atoms with van der Waals surface area (Å²) >= 11 is 0. The zero-order valence-corrected chi connectivity index (χ0v) is 26.6. The molecular weight excluding hydrogens is 522 g/mol. The first-order chi connectivity index (χ1) is 19.5. The van der Waals surface area contributed by atoms with Gasteiger partial charge in [-0.1, -0.05) is 36.4 Å². The second-order valence-corrected chi connectivity index (χ2v) is 14.0. The molecule has 2 saturated heterocycles. The highest BCUT2D eigenvalue weighted by molar-refractivity contribution is 6.62. The minimum Gasteiger partial charge on any atom is -0.399 e. The minimum atomic E-state index is -0.571. The van der Waals surface area contributed by atoms with Crippen molar-refractivity contribution in [1.82, 2.24) is 0 Å². The van der Waals surface area contributed by atoms with Gasteiger partial charge in [-0.15, -0.1) is 0 Å². The minimum absolute atomic E-state index is 0.403. The maximum Gasteiger partial charge on any atom is 0.494 e. The molecule has 2 fully saturated rings. The summed E-state index contributed by atoms with van der Waals surface area (Å²) < 4.78 is 25.1. The Morgan fingerprint density at radius 3 is 1.12 bits per heavy atom. The highest BCUT2D eigenvalue weighted by Gasteiger charge is 2.52. The number of rotatable bonds is 6. The van der Waals surface area contributed by atoms with Crippen molar-refractivity contribution in [2.75, 3.05) is 4.90 Å². The third-order valence-electron chi connectivity index (χ3n) is 9.48. The zero-order valence-electron chi connectivity index (χ0n) is 26.6. The molecule has 0 radical (unpaired) electrons. The molecule has 8 heteroatoms. The Bertz CT molecular complexity index is 1360. The molecule has 0 saturated carbocycles. The van der Waals surface area contributed by atoms with Crippen LogP contribution in [0.3, 0.4) is 0 Å². The highest BCUT2D eigenvalue weighted by Crippen LogP contribution is 2.39. The first kappa shape index (κ1) is 30.4. The van der Waals surface area contributed by atoms with Crippen LogP contribution in [0.5, 0.6) is 0 Å². The molecule has 3 aromatic carbocycles. The van der Waals surface area contributed by atoms with Gasteiger partial charge in [0, 0.05) is 17.1 Å². The van der Waals surface area contributed by atoms with Crippen LogP contribution in [0.2, 0.25) is 0 Å². The quantitative estimate of drug-likeness (QED) is 0.317. The fraction of sp³-hybridized carbons (Fsp3) is 0.441. The first-order valence-corrected chi connectivity index (χ1v) is 14.7. The lowest BCUT2D eigenvalue weighted by Crippen LogP contribution is -2.41. The van der Waals surface area contributed by atoms with E-state index in [9.17, 15) is 5.26 Å². The molecule has 0 bridgehead atoms. The number of nitriles is 1. The van der Waals surface area contributed by atoms with E-state index < -0.39 is 42.1 Å². The van der Waals surface area contributed by atoms with Crippen molar-refractivity contribution in [2.45, 2.75) is 97.1 Å². The predicted octanol–water partition coefficient (Wildman–Crippen LogP) is 6.56. The van der Waals surface area contributed by atoms with Gasteiger partial charge < -0.3 is 23.5 Å². The van der Waals surface area contributed by atoms with E-state index in [1.807, 2.05) is 26.0 Å². The third-order valence-corrected chi connectivity index (χ3v) is 9.48. The van der Waals surface area contributed by atoms with Gasteiger partial charge in [-0.25, -0.2) is 0 Å². The molecule has 0 spiro atoms. The molecule has 2 aliphatic heterocycles. The van der Waals surface area contributed by atoms with Gasteiger partial charge in [0.25, 0.3) is 0 Å². The van der Waals surface area contributed by atoms with Gasteiger partial charge in [-0.2, -0.15) is 5.26 Å². The molecule has 218 valence electrons. The lowest BCUT2D eigenvalue weighted by molar-refractivity contribution is 0.00578. The number of anilines is 3. The molecular formula is C34H42B2N2O4. The molecule has 0 amide bonds. The van der Waals surface area contributed by atoms with Crippen LogP contribution in [-0.2, 0) is 24.0 Å². The Morgan fingerprint density at radius 2 is 0.833 bits per heavy atom. The number of hydrogen-bond donors (Lipinski definition) is 0. The fourth-order valence-electron chi connectivity index (χ4n) is 5.06. The molecule has 0 aliphatic carbocycles. The average Bonchev–Trinajstić information content (AvgIpc) is 3.29. The van der Waals surface area contributed by atoms with Gasteiger partial charge in [0.05, 0.1) is 33.9 Å². The van der Waals surface area contributed by atoms with Crippen molar-refractivity contribution in [3.05, 3.63) is 78.4 Å². The van der Waals surface area contributed by atoms with Crippen molar-refractivity contribution in [2.24, 2.45) is 0 Å². The van der Waals surface area contributed by atoms with E-state index in [2.05, 4.69) is 127 Å². The van der Waals surface area contributed by atoms with Gasteiger partial charge in [0.2, 0.25) is 0 Å². The van der Waals surface area contributed by atoms with Crippen LogP contribution in [0.15, 0.2) is 72.8 Å². The van der Waals surface area contributed by atoms with Gasteiger partial charge >= 0.3 is 14.2 Å². The smallest absolute Gasteiger partial charge is 0.399 e. The van der Waals surface area contributed by atoms with Gasteiger partial charge in [0.1, 0.15) is 0 Å². The monoisotopic (exact) mass is 564 g/mol. The standard InChI is InChI=1S/C34H42B2N2O4/c1-30(2,23-37)24-11-17-27(18-12-24)38(28-19-13-25(14-20-28)35-39-31(3,4)32(5,6)40-35)29-21-15-26(16-22-29)36-41-33(7,8)34(9,10)42-36/h11-22H,1-10H3. The Morgan fingerprint density at radius 1 is 0.548 bits per heavy atom. The molecule has 2 heterocycles. The zero-order chi connectivity index (χ0) is 30.7. The van der Waals surface area contributed by atoms with Crippen LogP contribution in [0, 0.1) is 11.3 Å². The van der Waals surface area contributed by atoms with Crippen molar-refractivity contribution >= 4 is 42.2 Å². The summed E-state index contributed by atoms with van der Waals surface area (Å²) in [4.78, 5) is 2.20. The maximum absolute atomic E-state index is 9.64. The van der Waals surface area contributed by atoms with E-state index >= 15 is 0 Å². The van der Waals surface area contributed by atoms with E-state index in [1.54, 1.807) is 0 Å². The molecule has 5 rings (SSSR count). The molecule has 3 aromatic rings. The number of nitrogens with zero attached hydrogens (tertiary/aromatic N) is 2. The lowest BCUT2D eigenvalue weighted by atomic mass is 9.79. The van der Waals surface area contributed by atoms with Crippen LogP contribution < -0.4 is 15.8 Å². The summed E-state index contributed by atoms with van der Waals surface area (Å²) in [5.74, 6) is 0. The van der Waals surface area contributed by atoms with E-state index in [4.69, 9.17) is 18.6 Å². The van der Waals surface area contributed by atoms with Gasteiger partial charge in [0.15, 0.2) is 0 Å². The second kappa shape index (κ2) is 10.3. The molecule has 2 aliphatic rings. The Labute approximate surface area is 252 Å². The summed E-state index contributed by atoms with van der Waals surface area (Å²) in [7, 11) is -0.853. The Balaban J connectivity index is 1.48. The van der Waals surface area contributed by atoms with Gasteiger partial charge in [-0.05, 0) is 122 Å². The molecule has 0 unspecified atom stereocenters. The second-order valence-electron chi connectivity index (χ2n) is 14.0. The normalized spacial score (nSPS) is 20.4. The maximum atomic E-state index is 9.64. The van der Waals surface area contributed by atoms with Crippen molar-refractivity contribution in [1.29, 1.82) is 5.26 Å². The first-order valence-electron chi connectivity index (χ1n) is 14.7. The number of benzene rings is 3. The van der Waals surface area contributed by atoms with Crippen LogP contribution in [0.1, 0.15) is 74.8 Å². The molecule has 6 nitrogen and oxygen atoms in total. The van der Waals surface area contributed by atoms with E-state index in [-0.39, 0.29) is 0 Å². The average molecular weight is 564 g/mol. The van der Waals surface area contributed by atoms with E-state index in [0.29, 0.717) is 0 Å². The summed E-state index contributed by atoms with van der Waals surface area (Å²) in [6, 6.07) is 27.2. The van der Waals surface area contributed by atoms with E-state index in [0.717, 1.165) is 33.6 Å². The van der Waals surface area contributed by atoms with Crippen LogP contribution >= 0.6 is 0 Å². The Kier molecular flexibility index (Phi) is 7.43. The number of hydrogen-bond acceptors (Lipinski definition) is 6. The molecule has 42 heavy (non-hydrogen) atoms. The summed E-state index contributed by atoms with van der Waals surface area (Å²) in [5, 5.41) is 9.64. The summed E-state index contributed by atoms with van der Waals surface area (Å²) in [6.45, 7) is 20.4. The summed E-state index contributed by atoms with van der Waals surface area (Å²) in [6.07, 6.45) is 0.